The molecule has 0 aromatic carbocycles. The highest BCUT2D eigenvalue weighted by Gasteiger charge is 2.27. The molecule has 1 fully saturated rings. The van der Waals surface area contributed by atoms with Crippen molar-refractivity contribution in [2.75, 3.05) is 5.88 Å². The molecule has 0 radical (unpaired) electrons. The molecule has 114 valence electrons. The summed E-state index contributed by atoms with van der Waals surface area (Å²) in [6.07, 6.45) is 10.6. The zero-order valence-corrected chi connectivity index (χ0v) is 13.5. The van der Waals surface area contributed by atoms with Crippen LogP contribution in [0.1, 0.15) is 57.3 Å². The van der Waals surface area contributed by atoms with E-state index in [0.29, 0.717) is 11.9 Å². The maximum absolute atomic E-state index is 6.00. The molecule has 0 spiro atoms. The van der Waals surface area contributed by atoms with Crippen LogP contribution in [0.25, 0.3) is 11.2 Å². The van der Waals surface area contributed by atoms with E-state index in [1.165, 1.54) is 32.1 Å². The van der Waals surface area contributed by atoms with E-state index in [0.717, 1.165) is 35.7 Å². The Labute approximate surface area is 131 Å². The molecule has 0 saturated heterocycles. The lowest BCUT2D eigenvalue weighted by atomic mass is 9.82. The van der Waals surface area contributed by atoms with E-state index in [1.54, 1.807) is 0 Å². The Balaban J connectivity index is 2.04. The smallest absolute Gasteiger partial charge is 0.160 e. The molecule has 1 aliphatic carbocycles. The van der Waals surface area contributed by atoms with Gasteiger partial charge in [-0.15, -0.1) is 11.6 Å². The van der Waals surface area contributed by atoms with Crippen molar-refractivity contribution in [1.82, 2.24) is 14.5 Å². The van der Waals surface area contributed by atoms with E-state index in [9.17, 15) is 0 Å². The van der Waals surface area contributed by atoms with Crippen molar-refractivity contribution >= 4 is 22.8 Å². The van der Waals surface area contributed by atoms with Crippen molar-refractivity contribution in [3.8, 4) is 0 Å². The topological polar surface area (TPSA) is 30.7 Å². The molecule has 0 amide bonds. The van der Waals surface area contributed by atoms with Crippen molar-refractivity contribution in [3.05, 3.63) is 24.2 Å². The van der Waals surface area contributed by atoms with E-state index >= 15 is 0 Å². The van der Waals surface area contributed by atoms with Gasteiger partial charge in [-0.25, -0.2) is 9.97 Å². The molecule has 2 aromatic heterocycles. The summed E-state index contributed by atoms with van der Waals surface area (Å²) >= 11 is 6.00. The maximum Gasteiger partial charge on any atom is 0.160 e. The standard InChI is InChI=1S/C17H24ClN3/c1-2-15(13-7-4-3-5-8-13)21-16(10-11-18)20-14-9-6-12-19-17(14)21/h6,9,12-13,15H,2-5,7-8,10-11H2,1H3. The van der Waals surface area contributed by atoms with Crippen LogP contribution in [-0.4, -0.2) is 20.4 Å². The van der Waals surface area contributed by atoms with Crippen molar-refractivity contribution < 1.29 is 0 Å². The van der Waals surface area contributed by atoms with Crippen LogP contribution in [0.5, 0.6) is 0 Å². The number of aromatic nitrogens is 3. The Bertz CT molecular complexity index is 587. The van der Waals surface area contributed by atoms with Gasteiger partial charge in [-0.05, 0) is 37.3 Å². The van der Waals surface area contributed by atoms with E-state index in [1.807, 2.05) is 12.3 Å². The van der Waals surface area contributed by atoms with E-state index < -0.39 is 0 Å². The number of rotatable bonds is 5. The maximum atomic E-state index is 6.00. The van der Waals surface area contributed by atoms with Crippen molar-refractivity contribution in [1.29, 1.82) is 0 Å². The molecule has 4 heteroatoms. The third kappa shape index (κ3) is 2.94. The van der Waals surface area contributed by atoms with Gasteiger partial charge in [-0.3, -0.25) is 0 Å². The van der Waals surface area contributed by atoms with Crippen molar-refractivity contribution in [3.63, 3.8) is 0 Å². The molecular formula is C17H24ClN3. The summed E-state index contributed by atoms with van der Waals surface area (Å²) in [5.41, 5.74) is 2.04. The summed E-state index contributed by atoms with van der Waals surface area (Å²) in [7, 11) is 0. The first kappa shape index (κ1) is 14.8. The van der Waals surface area contributed by atoms with Crippen LogP contribution in [0, 0.1) is 5.92 Å². The largest absolute Gasteiger partial charge is 0.309 e. The molecule has 0 bridgehead atoms. The number of halogens is 1. The predicted octanol–water partition coefficient (Wildman–Crippen LogP) is 4.74. The van der Waals surface area contributed by atoms with Gasteiger partial charge in [-0.1, -0.05) is 26.2 Å². The number of aryl methyl sites for hydroxylation is 1. The van der Waals surface area contributed by atoms with Crippen molar-refractivity contribution in [2.24, 2.45) is 5.92 Å². The van der Waals surface area contributed by atoms with E-state index in [-0.39, 0.29) is 0 Å². The van der Waals surface area contributed by atoms with Crippen molar-refractivity contribution in [2.45, 2.75) is 57.9 Å². The third-order valence-electron chi connectivity index (χ3n) is 4.78. The van der Waals surface area contributed by atoms with Gasteiger partial charge in [-0.2, -0.15) is 0 Å². The number of alkyl halides is 1. The van der Waals surface area contributed by atoms with Crippen LogP contribution in [0.2, 0.25) is 0 Å². The number of imidazole rings is 1. The highest BCUT2D eigenvalue weighted by molar-refractivity contribution is 6.17. The van der Waals surface area contributed by atoms with Crippen LogP contribution in [0.15, 0.2) is 18.3 Å². The minimum Gasteiger partial charge on any atom is -0.309 e. The summed E-state index contributed by atoms with van der Waals surface area (Å²) < 4.78 is 2.40. The van der Waals surface area contributed by atoms with Crippen LogP contribution in [-0.2, 0) is 6.42 Å². The lowest BCUT2D eigenvalue weighted by Crippen LogP contribution is -2.23. The average molecular weight is 306 g/mol. The Morgan fingerprint density at radius 1 is 1.33 bits per heavy atom. The molecule has 0 aliphatic heterocycles. The van der Waals surface area contributed by atoms with Gasteiger partial charge in [0.1, 0.15) is 11.3 Å². The molecule has 3 nitrogen and oxygen atoms in total. The monoisotopic (exact) mass is 305 g/mol. The van der Waals surface area contributed by atoms with Gasteiger partial charge in [0.2, 0.25) is 0 Å². The SMILES string of the molecule is CCC(C1CCCCC1)n1c(CCCl)nc2cccnc21. The highest BCUT2D eigenvalue weighted by Crippen LogP contribution is 2.37. The first-order valence-corrected chi connectivity index (χ1v) is 8.76. The Morgan fingerprint density at radius 3 is 2.86 bits per heavy atom. The number of hydrogen-bond donors (Lipinski definition) is 0. The first-order valence-electron chi connectivity index (χ1n) is 8.23. The molecule has 3 rings (SSSR count). The summed E-state index contributed by atoms with van der Waals surface area (Å²) in [6, 6.07) is 4.54. The lowest BCUT2D eigenvalue weighted by Gasteiger charge is -2.31. The minimum atomic E-state index is 0.517. The fraction of sp³-hybridized carbons (Fsp3) is 0.647. The van der Waals surface area contributed by atoms with Crippen LogP contribution >= 0.6 is 11.6 Å². The van der Waals surface area contributed by atoms with E-state index in [2.05, 4.69) is 22.5 Å². The summed E-state index contributed by atoms with van der Waals surface area (Å²) in [6.45, 7) is 2.29. The zero-order valence-electron chi connectivity index (χ0n) is 12.8. The molecule has 0 N–H and O–H groups in total. The number of hydrogen-bond acceptors (Lipinski definition) is 2. The number of pyridine rings is 1. The van der Waals surface area contributed by atoms with Crippen LogP contribution in [0.3, 0.4) is 0 Å². The Morgan fingerprint density at radius 2 is 2.14 bits per heavy atom. The number of nitrogens with zero attached hydrogens (tertiary/aromatic N) is 3. The second-order valence-corrected chi connectivity index (χ2v) is 6.43. The van der Waals surface area contributed by atoms with Crippen LogP contribution < -0.4 is 0 Å². The normalized spacial score (nSPS) is 18.2. The molecule has 2 aromatic rings. The predicted molar refractivity (Wildman–Crippen MR) is 87.9 cm³/mol. The molecular weight excluding hydrogens is 282 g/mol. The number of fused-ring (bicyclic) bond motifs is 1. The zero-order chi connectivity index (χ0) is 14.7. The molecule has 21 heavy (non-hydrogen) atoms. The molecule has 1 unspecified atom stereocenters. The summed E-state index contributed by atoms with van der Waals surface area (Å²) in [5, 5.41) is 0. The third-order valence-corrected chi connectivity index (χ3v) is 4.97. The fourth-order valence-corrected chi connectivity index (χ4v) is 4.00. The summed E-state index contributed by atoms with van der Waals surface area (Å²) in [5.74, 6) is 2.48. The second-order valence-electron chi connectivity index (χ2n) is 6.06. The van der Waals surface area contributed by atoms with Gasteiger partial charge in [0, 0.05) is 24.5 Å². The Hall–Kier alpha value is -1.09. The Kier molecular flexibility index (Phi) is 4.79. The van der Waals surface area contributed by atoms with Gasteiger partial charge in [0.15, 0.2) is 5.65 Å². The quantitative estimate of drug-likeness (QED) is 0.747. The molecule has 2 heterocycles. The van der Waals surface area contributed by atoms with Gasteiger partial charge >= 0.3 is 0 Å². The van der Waals surface area contributed by atoms with Gasteiger partial charge < -0.3 is 4.57 Å². The first-order chi connectivity index (χ1) is 10.3. The van der Waals surface area contributed by atoms with Crippen LogP contribution in [0.4, 0.5) is 0 Å². The lowest BCUT2D eigenvalue weighted by molar-refractivity contribution is 0.243. The van der Waals surface area contributed by atoms with Gasteiger partial charge in [0.25, 0.3) is 0 Å². The summed E-state index contributed by atoms with van der Waals surface area (Å²) in [4.78, 5) is 9.39. The molecule has 1 aliphatic rings. The second kappa shape index (κ2) is 6.78. The van der Waals surface area contributed by atoms with Gasteiger partial charge in [0.05, 0.1) is 0 Å². The highest BCUT2D eigenvalue weighted by atomic mass is 35.5. The molecule has 1 saturated carbocycles. The molecule has 1 atom stereocenters. The van der Waals surface area contributed by atoms with E-state index in [4.69, 9.17) is 16.6 Å². The fourth-order valence-electron chi connectivity index (χ4n) is 3.83. The average Bonchev–Trinajstić information content (AvgIpc) is 2.88. The minimum absolute atomic E-state index is 0.517.